The molecule has 5 nitrogen and oxygen atoms in total. The second-order valence-electron chi connectivity index (χ2n) is 4.17. The van der Waals surface area contributed by atoms with E-state index in [-0.39, 0.29) is 6.54 Å². The predicted molar refractivity (Wildman–Crippen MR) is 77.6 cm³/mol. The van der Waals surface area contributed by atoms with E-state index in [0.717, 1.165) is 4.47 Å². The molecule has 19 heavy (non-hydrogen) atoms. The van der Waals surface area contributed by atoms with Crippen LogP contribution in [0.4, 0.5) is 10.5 Å². The van der Waals surface area contributed by atoms with Gasteiger partial charge in [-0.25, -0.2) is 4.79 Å². The summed E-state index contributed by atoms with van der Waals surface area (Å²) in [5.74, 6) is -1.57. The van der Waals surface area contributed by atoms with Crippen LogP contribution < -0.4 is 5.32 Å². The van der Waals surface area contributed by atoms with E-state index in [1.807, 2.05) is 0 Å². The van der Waals surface area contributed by atoms with Gasteiger partial charge in [0.1, 0.15) is 0 Å². The van der Waals surface area contributed by atoms with Gasteiger partial charge in [-0.05, 0) is 18.2 Å². The maximum Gasteiger partial charge on any atom is 0.321 e. The fourth-order valence-electron chi connectivity index (χ4n) is 1.37. The monoisotopic (exact) mass is 348 g/mol. The molecule has 0 fully saturated rings. The van der Waals surface area contributed by atoms with Crippen molar-refractivity contribution in [3.8, 4) is 0 Å². The van der Waals surface area contributed by atoms with Gasteiger partial charge in [0.25, 0.3) is 0 Å². The lowest BCUT2D eigenvalue weighted by Crippen LogP contribution is -2.36. The van der Waals surface area contributed by atoms with Crippen molar-refractivity contribution in [2.24, 2.45) is 5.92 Å². The number of anilines is 1. The summed E-state index contributed by atoms with van der Waals surface area (Å²) in [6.07, 6.45) is 0. The Hall–Kier alpha value is -1.27. The number of carboxylic acid groups (broad SMARTS) is 1. The summed E-state index contributed by atoms with van der Waals surface area (Å²) in [5.41, 5.74) is 0.477. The number of hydrogen-bond donors (Lipinski definition) is 2. The summed E-state index contributed by atoms with van der Waals surface area (Å²) in [4.78, 5) is 23.9. The zero-order valence-corrected chi connectivity index (χ0v) is 12.8. The Morgan fingerprint density at radius 2 is 2.16 bits per heavy atom. The van der Waals surface area contributed by atoms with Crippen LogP contribution in [0.3, 0.4) is 0 Å². The van der Waals surface area contributed by atoms with Crippen LogP contribution in [0.1, 0.15) is 6.92 Å². The molecule has 1 aromatic carbocycles. The summed E-state index contributed by atoms with van der Waals surface area (Å²) < 4.78 is 0.809. The highest BCUT2D eigenvalue weighted by atomic mass is 79.9. The number of aliphatic carboxylic acids is 1. The summed E-state index contributed by atoms with van der Waals surface area (Å²) in [6.45, 7) is 1.66. The van der Waals surface area contributed by atoms with Crippen LogP contribution in [-0.2, 0) is 4.79 Å². The standard InChI is InChI=1S/C12H14BrClN2O3/c1-7(11(17)18)6-16(2)12(19)15-10-4-3-8(13)5-9(10)14/h3-5,7H,6H2,1-2H3,(H,15,19)(H,17,18). The summed E-state index contributed by atoms with van der Waals surface area (Å²) in [6, 6.07) is 4.68. The molecule has 0 aliphatic rings. The van der Waals surface area contributed by atoms with Crippen LogP contribution >= 0.6 is 27.5 Å². The molecule has 0 spiro atoms. The van der Waals surface area contributed by atoms with Crippen LogP contribution in [-0.4, -0.2) is 35.6 Å². The molecular weight excluding hydrogens is 336 g/mol. The van der Waals surface area contributed by atoms with Crippen molar-refractivity contribution < 1.29 is 14.7 Å². The lowest BCUT2D eigenvalue weighted by atomic mass is 10.2. The number of rotatable bonds is 4. The maximum absolute atomic E-state index is 11.9. The van der Waals surface area contributed by atoms with Gasteiger partial charge in [0.15, 0.2) is 0 Å². The molecule has 0 radical (unpaired) electrons. The van der Waals surface area contributed by atoms with Crippen molar-refractivity contribution in [2.45, 2.75) is 6.92 Å². The second kappa shape index (κ2) is 6.77. The van der Waals surface area contributed by atoms with Crippen LogP contribution in [0.15, 0.2) is 22.7 Å². The molecule has 0 bridgehead atoms. The average Bonchev–Trinajstić information content (AvgIpc) is 2.32. The molecule has 1 rings (SSSR count). The fraction of sp³-hybridized carbons (Fsp3) is 0.333. The van der Waals surface area contributed by atoms with Crippen LogP contribution in [0.25, 0.3) is 0 Å². The lowest BCUT2D eigenvalue weighted by Gasteiger charge is -2.20. The van der Waals surface area contributed by atoms with Crippen LogP contribution in [0, 0.1) is 5.92 Å². The van der Waals surface area contributed by atoms with E-state index >= 15 is 0 Å². The smallest absolute Gasteiger partial charge is 0.321 e. The maximum atomic E-state index is 11.9. The Morgan fingerprint density at radius 3 is 2.68 bits per heavy atom. The molecule has 0 aromatic heterocycles. The quantitative estimate of drug-likeness (QED) is 0.876. The molecule has 0 aliphatic carbocycles. The number of amides is 2. The largest absolute Gasteiger partial charge is 0.481 e. The van der Waals surface area contributed by atoms with Gasteiger partial charge in [-0.3, -0.25) is 4.79 Å². The molecule has 2 N–H and O–H groups in total. The molecule has 1 aromatic rings. The van der Waals surface area contributed by atoms with Gasteiger partial charge in [-0.1, -0.05) is 34.5 Å². The van der Waals surface area contributed by atoms with E-state index in [1.165, 1.54) is 11.9 Å². The number of urea groups is 1. The number of nitrogens with one attached hydrogen (secondary N) is 1. The molecule has 0 aliphatic heterocycles. The molecule has 2 amide bonds. The number of nitrogens with zero attached hydrogens (tertiary/aromatic N) is 1. The predicted octanol–water partition coefficient (Wildman–Crippen LogP) is 3.29. The first-order chi connectivity index (χ1) is 8.81. The van der Waals surface area contributed by atoms with Gasteiger partial charge < -0.3 is 15.3 Å². The minimum atomic E-state index is -0.943. The number of hydrogen-bond acceptors (Lipinski definition) is 2. The number of benzene rings is 1. The third kappa shape index (κ3) is 4.72. The first-order valence-corrected chi connectivity index (χ1v) is 6.68. The van der Waals surface area contributed by atoms with E-state index in [4.69, 9.17) is 16.7 Å². The Morgan fingerprint density at radius 1 is 1.53 bits per heavy atom. The highest BCUT2D eigenvalue weighted by molar-refractivity contribution is 9.10. The highest BCUT2D eigenvalue weighted by Gasteiger charge is 2.17. The first kappa shape index (κ1) is 15.8. The zero-order chi connectivity index (χ0) is 14.6. The van der Waals surface area contributed by atoms with Crippen molar-refractivity contribution >= 4 is 45.2 Å². The number of halogens is 2. The SMILES string of the molecule is CC(CN(C)C(=O)Nc1ccc(Br)cc1Cl)C(=O)O. The number of carbonyl (C=O) groups is 2. The number of carbonyl (C=O) groups excluding carboxylic acids is 1. The van der Waals surface area contributed by atoms with E-state index < -0.39 is 17.9 Å². The van der Waals surface area contributed by atoms with Crippen LogP contribution in [0.5, 0.6) is 0 Å². The Balaban J connectivity index is 2.66. The molecule has 1 atom stereocenters. The molecule has 0 heterocycles. The molecular formula is C12H14BrClN2O3. The van der Waals surface area contributed by atoms with Gasteiger partial charge in [-0.2, -0.15) is 0 Å². The van der Waals surface area contributed by atoms with E-state index in [9.17, 15) is 9.59 Å². The Labute approximate surface area is 124 Å². The third-order valence-electron chi connectivity index (χ3n) is 2.49. The van der Waals surface area contributed by atoms with Gasteiger partial charge >= 0.3 is 12.0 Å². The number of carboxylic acids is 1. The molecule has 7 heteroatoms. The summed E-state index contributed by atoms with van der Waals surface area (Å²) in [5, 5.41) is 11.8. The van der Waals surface area contributed by atoms with Crippen molar-refractivity contribution in [3.63, 3.8) is 0 Å². The van der Waals surface area contributed by atoms with Gasteiger partial charge in [0.05, 0.1) is 16.6 Å². The summed E-state index contributed by atoms with van der Waals surface area (Å²) in [7, 11) is 1.53. The van der Waals surface area contributed by atoms with Crippen molar-refractivity contribution in [2.75, 3.05) is 18.9 Å². The fourth-order valence-corrected chi connectivity index (χ4v) is 2.09. The second-order valence-corrected chi connectivity index (χ2v) is 5.50. The zero-order valence-electron chi connectivity index (χ0n) is 10.5. The average molecular weight is 350 g/mol. The molecule has 104 valence electrons. The van der Waals surface area contributed by atoms with Crippen molar-refractivity contribution in [1.29, 1.82) is 0 Å². The summed E-state index contributed by atoms with van der Waals surface area (Å²) >= 11 is 9.24. The Kier molecular flexibility index (Phi) is 5.62. The lowest BCUT2D eigenvalue weighted by molar-refractivity contribution is -0.141. The van der Waals surface area contributed by atoms with E-state index in [0.29, 0.717) is 10.7 Å². The van der Waals surface area contributed by atoms with Gasteiger partial charge in [0.2, 0.25) is 0 Å². The first-order valence-electron chi connectivity index (χ1n) is 5.51. The van der Waals surface area contributed by atoms with Crippen molar-refractivity contribution in [3.05, 3.63) is 27.7 Å². The Bertz CT molecular complexity index is 496. The minimum absolute atomic E-state index is 0.120. The normalized spacial score (nSPS) is 11.8. The van der Waals surface area contributed by atoms with E-state index in [1.54, 1.807) is 25.1 Å². The minimum Gasteiger partial charge on any atom is -0.481 e. The molecule has 0 saturated heterocycles. The third-order valence-corrected chi connectivity index (χ3v) is 3.29. The van der Waals surface area contributed by atoms with E-state index in [2.05, 4.69) is 21.2 Å². The highest BCUT2D eigenvalue weighted by Crippen LogP contribution is 2.25. The van der Waals surface area contributed by atoms with Gasteiger partial charge in [-0.15, -0.1) is 0 Å². The molecule has 1 unspecified atom stereocenters. The molecule has 0 saturated carbocycles. The topological polar surface area (TPSA) is 69.6 Å². The van der Waals surface area contributed by atoms with Gasteiger partial charge in [0, 0.05) is 18.1 Å². The van der Waals surface area contributed by atoms with Crippen LogP contribution in [0.2, 0.25) is 5.02 Å². The van der Waals surface area contributed by atoms with Crippen molar-refractivity contribution in [1.82, 2.24) is 4.90 Å².